The van der Waals surface area contributed by atoms with Crippen molar-refractivity contribution >= 4 is 5.91 Å². The number of aromatic nitrogens is 3. The number of hydrogen-bond acceptors (Lipinski definition) is 4. The van der Waals surface area contributed by atoms with Crippen LogP contribution in [-0.4, -0.2) is 63.2 Å². The second-order valence-electron chi connectivity index (χ2n) is 7.66. The van der Waals surface area contributed by atoms with Crippen molar-refractivity contribution in [2.45, 2.75) is 45.1 Å². The Balaban J connectivity index is 1.34. The van der Waals surface area contributed by atoms with Gasteiger partial charge >= 0.3 is 0 Å². The van der Waals surface area contributed by atoms with Crippen molar-refractivity contribution in [3.05, 3.63) is 12.7 Å². The number of piperidine rings is 1. The molecule has 0 radical (unpaired) electrons. The molecule has 1 aliphatic carbocycles. The average Bonchev–Trinajstić information content (AvgIpc) is 3.15. The normalized spacial score (nSPS) is 29.4. The highest BCUT2D eigenvalue weighted by molar-refractivity contribution is 5.84. The Kier molecular flexibility index (Phi) is 4.09. The first kappa shape index (κ1) is 15.1. The first-order valence-electron chi connectivity index (χ1n) is 9.09. The molecule has 0 bridgehead atoms. The molecule has 1 spiro atoms. The van der Waals surface area contributed by atoms with Gasteiger partial charge in [-0.15, -0.1) is 10.2 Å². The van der Waals surface area contributed by atoms with Crippen molar-refractivity contribution in [2.24, 2.45) is 11.3 Å². The Labute approximate surface area is 137 Å². The van der Waals surface area contributed by atoms with Gasteiger partial charge in [0, 0.05) is 32.7 Å². The van der Waals surface area contributed by atoms with Crippen LogP contribution < -0.4 is 0 Å². The summed E-state index contributed by atoms with van der Waals surface area (Å²) in [6, 6.07) is 0. The van der Waals surface area contributed by atoms with Crippen molar-refractivity contribution < 1.29 is 4.79 Å². The van der Waals surface area contributed by atoms with Crippen LogP contribution in [0.15, 0.2) is 12.7 Å². The van der Waals surface area contributed by atoms with Crippen molar-refractivity contribution in [1.29, 1.82) is 0 Å². The number of likely N-dealkylation sites (tertiary alicyclic amines) is 2. The maximum absolute atomic E-state index is 13.1. The summed E-state index contributed by atoms with van der Waals surface area (Å²) in [7, 11) is 0. The van der Waals surface area contributed by atoms with E-state index in [-0.39, 0.29) is 5.41 Å². The molecule has 1 aromatic heterocycles. The van der Waals surface area contributed by atoms with Gasteiger partial charge in [-0.3, -0.25) is 4.79 Å². The molecule has 1 atom stereocenters. The Morgan fingerprint density at radius 1 is 1.09 bits per heavy atom. The quantitative estimate of drug-likeness (QED) is 0.823. The minimum Gasteiger partial charge on any atom is -0.342 e. The Morgan fingerprint density at radius 3 is 2.65 bits per heavy atom. The summed E-state index contributed by atoms with van der Waals surface area (Å²) in [6.07, 6.45) is 10.8. The van der Waals surface area contributed by atoms with Crippen LogP contribution in [0.3, 0.4) is 0 Å². The lowest BCUT2D eigenvalue weighted by Crippen LogP contribution is -2.51. The minimum atomic E-state index is -0.0881. The first-order valence-corrected chi connectivity index (χ1v) is 9.09. The van der Waals surface area contributed by atoms with E-state index in [1.165, 1.54) is 25.7 Å². The zero-order chi connectivity index (χ0) is 15.7. The van der Waals surface area contributed by atoms with E-state index in [9.17, 15) is 4.79 Å². The third kappa shape index (κ3) is 3.01. The third-order valence-electron chi connectivity index (χ3n) is 6.10. The Bertz CT molecular complexity index is 541. The molecule has 4 rings (SSSR count). The largest absolute Gasteiger partial charge is 0.342 e. The van der Waals surface area contributed by atoms with Gasteiger partial charge in [-0.05, 0) is 44.6 Å². The molecule has 3 heterocycles. The van der Waals surface area contributed by atoms with Gasteiger partial charge in [0.2, 0.25) is 5.91 Å². The van der Waals surface area contributed by atoms with Crippen molar-refractivity contribution in [3.8, 4) is 0 Å². The van der Waals surface area contributed by atoms with Gasteiger partial charge in [0.05, 0.1) is 5.41 Å². The summed E-state index contributed by atoms with van der Waals surface area (Å²) < 4.78 is 2.01. The molecular formula is C17H27N5O. The highest BCUT2D eigenvalue weighted by atomic mass is 16.2. The average molecular weight is 317 g/mol. The summed E-state index contributed by atoms with van der Waals surface area (Å²) in [5, 5.41) is 7.70. The maximum atomic E-state index is 13.1. The number of amides is 1. The van der Waals surface area contributed by atoms with E-state index in [1.54, 1.807) is 12.7 Å². The van der Waals surface area contributed by atoms with Crippen molar-refractivity contribution in [3.63, 3.8) is 0 Å². The molecule has 1 unspecified atom stereocenters. The van der Waals surface area contributed by atoms with E-state index in [1.807, 2.05) is 4.57 Å². The fraction of sp³-hybridized carbons (Fsp3) is 0.824. The lowest BCUT2D eigenvalue weighted by Gasteiger charge is -2.42. The number of hydrogen-bond donors (Lipinski definition) is 0. The fourth-order valence-corrected chi connectivity index (χ4v) is 4.44. The van der Waals surface area contributed by atoms with Gasteiger partial charge in [-0.2, -0.15) is 0 Å². The van der Waals surface area contributed by atoms with Gasteiger partial charge in [0.1, 0.15) is 12.7 Å². The van der Waals surface area contributed by atoms with Gasteiger partial charge in [-0.25, -0.2) is 0 Å². The predicted molar refractivity (Wildman–Crippen MR) is 86.7 cm³/mol. The molecule has 2 aliphatic heterocycles. The molecule has 3 aliphatic rings. The topological polar surface area (TPSA) is 54.3 Å². The van der Waals surface area contributed by atoms with E-state index in [0.717, 1.165) is 58.0 Å². The van der Waals surface area contributed by atoms with Crippen molar-refractivity contribution in [1.82, 2.24) is 24.6 Å². The molecule has 23 heavy (non-hydrogen) atoms. The number of rotatable bonds is 5. The molecule has 1 saturated carbocycles. The molecular weight excluding hydrogens is 290 g/mol. The monoisotopic (exact) mass is 317 g/mol. The van der Waals surface area contributed by atoms with Crippen LogP contribution >= 0.6 is 0 Å². The molecule has 1 aromatic rings. The lowest BCUT2D eigenvalue weighted by atomic mass is 9.77. The molecule has 6 heteroatoms. The minimum absolute atomic E-state index is 0.0881. The van der Waals surface area contributed by atoms with Gasteiger partial charge in [0.15, 0.2) is 0 Å². The van der Waals surface area contributed by atoms with Crippen LogP contribution in [0, 0.1) is 11.3 Å². The smallest absolute Gasteiger partial charge is 0.230 e. The van der Waals surface area contributed by atoms with Crippen LogP contribution in [-0.2, 0) is 11.3 Å². The van der Waals surface area contributed by atoms with E-state index in [0.29, 0.717) is 5.91 Å². The molecule has 0 aromatic carbocycles. The SMILES string of the molecule is O=C1N(CC2CCC2)CCCC12CCN(CCn1cnnc1)C2. The Hall–Kier alpha value is -1.43. The summed E-state index contributed by atoms with van der Waals surface area (Å²) >= 11 is 0. The molecule has 6 nitrogen and oxygen atoms in total. The number of carbonyl (C=O) groups is 1. The summed E-state index contributed by atoms with van der Waals surface area (Å²) in [5.41, 5.74) is -0.0881. The van der Waals surface area contributed by atoms with Gasteiger partial charge in [-0.1, -0.05) is 6.42 Å². The maximum Gasteiger partial charge on any atom is 0.230 e. The van der Waals surface area contributed by atoms with Crippen LogP contribution in [0.2, 0.25) is 0 Å². The summed E-state index contributed by atoms with van der Waals surface area (Å²) in [6.45, 7) is 5.87. The fourth-order valence-electron chi connectivity index (χ4n) is 4.44. The highest BCUT2D eigenvalue weighted by Crippen LogP contribution is 2.41. The number of nitrogens with zero attached hydrogens (tertiary/aromatic N) is 5. The third-order valence-corrected chi connectivity index (χ3v) is 6.10. The second kappa shape index (κ2) is 6.23. The van der Waals surface area contributed by atoms with E-state index in [2.05, 4.69) is 20.0 Å². The first-order chi connectivity index (χ1) is 11.3. The molecule has 126 valence electrons. The number of carbonyl (C=O) groups excluding carboxylic acids is 1. The van der Waals surface area contributed by atoms with Crippen LogP contribution in [0.25, 0.3) is 0 Å². The van der Waals surface area contributed by atoms with Crippen LogP contribution in [0.4, 0.5) is 0 Å². The lowest BCUT2D eigenvalue weighted by molar-refractivity contribution is -0.146. The summed E-state index contributed by atoms with van der Waals surface area (Å²) in [4.78, 5) is 17.7. The highest BCUT2D eigenvalue weighted by Gasteiger charge is 2.48. The molecule has 1 amide bonds. The molecule has 2 saturated heterocycles. The van der Waals surface area contributed by atoms with Crippen LogP contribution in [0.5, 0.6) is 0 Å². The zero-order valence-electron chi connectivity index (χ0n) is 13.9. The van der Waals surface area contributed by atoms with E-state index < -0.39 is 0 Å². The van der Waals surface area contributed by atoms with Gasteiger partial charge in [0.25, 0.3) is 0 Å². The second-order valence-corrected chi connectivity index (χ2v) is 7.66. The van der Waals surface area contributed by atoms with Crippen LogP contribution in [0.1, 0.15) is 38.5 Å². The van der Waals surface area contributed by atoms with E-state index >= 15 is 0 Å². The Morgan fingerprint density at radius 2 is 1.91 bits per heavy atom. The van der Waals surface area contributed by atoms with Crippen molar-refractivity contribution in [2.75, 3.05) is 32.7 Å². The standard InChI is InChI=1S/C17H27N5O/c23-16-17(5-2-7-22(16)11-15-3-1-4-15)6-8-20(12-17)9-10-21-13-18-19-14-21/h13-15H,1-12H2. The summed E-state index contributed by atoms with van der Waals surface area (Å²) in [5.74, 6) is 1.22. The van der Waals surface area contributed by atoms with Gasteiger partial charge < -0.3 is 14.4 Å². The zero-order valence-corrected chi connectivity index (χ0v) is 13.9. The van der Waals surface area contributed by atoms with E-state index in [4.69, 9.17) is 0 Å². The predicted octanol–water partition coefficient (Wildman–Crippen LogP) is 1.39. The molecule has 3 fully saturated rings. The molecule has 0 N–H and O–H groups in total.